The molecule has 1 N–H and O–H groups in total. The summed E-state index contributed by atoms with van der Waals surface area (Å²) < 4.78 is 0. The summed E-state index contributed by atoms with van der Waals surface area (Å²) in [6, 6.07) is 9.78. The minimum absolute atomic E-state index is 0.164. The Morgan fingerprint density at radius 2 is 1.71 bits per heavy atom. The maximum Gasteiger partial charge on any atom is 0.0412 e. The van der Waals surface area contributed by atoms with E-state index in [1.54, 1.807) is 0 Å². The Kier molecular flexibility index (Phi) is 4.23. The summed E-state index contributed by atoms with van der Waals surface area (Å²) in [7, 11) is 0. The van der Waals surface area contributed by atoms with Crippen molar-refractivity contribution < 1.29 is 0 Å². The Hall–Kier alpha value is -1.06. The average Bonchev–Trinajstić information content (AvgIpc) is 3.30. The molecule has 1 saturated heterocycles. The molecule has 3 rings (SSSR count). The molecular formula is C18H29N3. The lowest BCUT2D eigenvalue weighted by Gasteiger charge is -2.37. The van der Waals surface area contributed by atoms with Crippen LogP contribution >= 0.6 is 0 Å². The number of piperazine rings is 1. The van der Waals surface area contributed by atoms with Crippen LogP contribution in [0.25, 0.3) is 0 Å². The second-order valence-electron chi connectivity index (χ2n) is 7.49. The first kappa shape index (κ1) is 14.9. The molecule has 2 fully saturated rings. The van der Waals surface area contributed by atoms with Crippen LogP contribution in [0.4, 0.5) is 5.69 Å². The zero-order valence-corrected chi connectivity index (χ0v) is 13.7. The summed E-state index contributed by atoms with van der Waals surface area (Å²) in [5.74, 6) is 0. The molecule has 1 aliphatic carbocycles. The third-order valence-corrected chi connectivity index (χ3v) is 4.52. The molecule has 0 radical (unpaired) electrons. The topological polar surface area (TPSA) is 18.5 Å². The third kappa shape index (κ3) is 3.98. The van der Waals surface area contributed by atoms with Gasteiger partial charge in [-0.05, 0) is 45.2 Å². The highest BCUT2D eigenvalue weighted by Crippen LogP contribution is 2.29. The van der Waals surface area contributed by atoms with E-state index in [1.807, 2.05) is 0 Å². The molecule has 2 aliphatic rings. The van der Waals surface area contributed by atoms with Gasteiger partial charge in [0, 0.05) is 50.0 Å². The van der Waals surface area contributed by atoms with Crippen LogP contribution in [0.3, 0.4) is 0 Å². The van der Waals surface area contributed by atoms with Gasteiger partial charge in [-0.2, -0.15) is 0 Å². The number of anilines is 1. The van der Waals surface area contributed by atoms with Gasteiger partial charge in [-0.1, -0.05) is 18.2 Å². The van der Waals surface area contributed by atoms with Crippen molar-refractivity contribution in [3.8, 4) is 0 Å². The van der Waals surface area contributed by atoms with E-state index in [0.717, 1.165) is 12.6 Å². The molecule has 1 aliphatic heterocycles. The Labute approximate surface area is 129 Å². The number of para-hydroxylation sites is 1. The van der Waals surface area contributed by atoms with E-state index in [0.29, 0.717) is 0 Å². The normalized spacial score (nSPS) is 20.8. The Morgan fingerprint density at radius 1 is 1.05 bits per heavy atom. The molecule has 3 heteroatoms. The quantitative estimate of drug-likeness (QED) is 0.918. The first-order valence-corrected chi connectivity index (χ1v) is 8.35. The van der Waals surface area contributed by atoms with E-state index in [2.05, 4.69) is 60.2 Å². The smallest absolute Gasteiger partial charge is 0.0412 e. The van der Waals surface area contributed by atoms with Crippen molar-refractivity contribution in [3.63, 3.8) is 0 Å². The van der Waals surface area contributed by atoms with Gasteiger partial charge in [0.1, 0.15) is 0 Å². The minimum Gasteiger partial charge on any atom is -0.369 e. The van der Waals surface area contributed by atoms with Gasteiger partial charge >= 0.3 is 0 Å². The molecule has 0 aromatic heterocycles. The summed E-state index contributed by atoms with van der Waals surface area (Å²) >= 11 is 0. The minimum atomic E-state index is 0.164. The predicted octanol–water partition coefficient (Wildman–Crippen LogP) is 2.86. The molecule has 0 unspecified atom stereocenters. The van der Waals surface area contributed by atoms with Crippen molar-refractivity contribution in [2.75, 3.05) is 31.1 Å². The summed E-state index contributed by atoms with van der Waals surface area (Å²) in [5, 5.41) is 3.62. The maximum atomic E-state index is 3.62. The van der Waals surface area contributed by atoms with Gasteiger partial charge in [-0.15, -0.1) is 0 Å². The number of benzene rings is 1. The molecule has 0 amide bonds. The third-order valence-electron chi connectivity index (χ3n) is 4.52. The maximum absolute atomic E-state index is 3.62. The highest BCUT2D eigenvalue weighted by Gasteiger charge is 2.31. The zero-order valence-electron chi connectivity index (χ0n) is 13.7. The van der Waals surface area contributed by atoms with Crippen LogP contribution in [0.1, 0.15) is 39.2 Å². The molecule has 1 heterocycles. The largest absolute Gasteiger partial charge is 0.369 e. The zero-order chi connectivity index (χ0) is 14.9. The van der Waals surface area contributed by atoms with E-state index in [1.165, 1.54) is 50.3 Å². The number of hydrogen-bond donors (Lipinski definition) is 1. The van der Waals surface area contributed by atoms with Crippen molar-refractivity contribution in [2.24, 2.45) is 0 Å². The number of nitrogens with one attached hydrogen (secondary N) is 1. The molecule has 1 saturated carbocycles. The van der Waals surface area contributed by atoms with Gasteiger partial charge in [0.15, 0.2) is 0 Å². The number of rotatable bonds is 4. The first-order chi connectivity index (χ1) is 10.0. The number of nitrogens with zero attached hydrogens (tertiary/aromatic N) is 2. The lowest BCUT2D eigenvalue weighted by Crippen LogP contribution is -2.47. The summed E-state index contributed by atoms with van der Waals surface area (Å²) in [6.07, 6.45) is 2.85. The monoisotopic (exact) mass is 287 g/mol. The lowest BCUT2D eigenvalue weighted by molar-refractivity contribution is 0.248. The van der Waals surface area contributed by atoms with E-state index < -0.39 is 0 Å². The van der Waals surface area contributed by atoms with Gasteiger partial charge in [-0.25, -0.2) is 0 Å². The van der Waals surface area contributed by atoms with Crippen molar-refractivity contribution in [2.45, 2.75) is 51.7 Å². The highest BCUT2D eigenvalue weighted by atomic mass is 15.3. The molecule has 3 nitrogen and oxygen atoms in total. The Morgan fingerprint density at radius 3 is 2.33 bits per heavy atom. The van der Waals surface area contributed by atoms with Crippen LogP contribution in [0, 0.1) is 0 Å². The van der Waals surface area contributed by atoms with Crippen LogP contribution in [0.5, 0.6) is 0 Å². The highest BCUT2D eigenvalue weighted by molar-refractivity contribution is 5.54. The van der Waals surface area contributed by atoms with Gasteiger partial charge in [0.2, 0.25) is 0 Å². The second kappa shape index (κ2) is 5.98. The van der Waals surface area contributed by atoms with Gasteiger partial charge in [-0.3, -0.25) is 4.90 Å². The summed E-state index contributed by atoms with van der Waals surface area (Å²) in [4.78, 5) is 5.24. The lowest BCUT2D eigenvalue weighted by atomic mass is 10.1. The molecular weight excluding hydrogens is 258 g/mol. The van der Waals surface area contributed by atoms with Crippen molar-refractivity contribution >= 4 is 5.69 Å². The Balaban J connectivity index is 1.64. The van der Waals surface area contributed by atoms with E-state index in [-0.39, 0.29) is 5.54 Å². The van der Waals surface area contributed by atoms with Crippen molar-refractivity contribution in [1.29, 1.82) is 0 Å². The molecule has 0 spiro atoms. The molecule has 0 bridgehead atoms. The molecule has 21 heavy (non-hydrogen) atoms. The SMILES string of the molecule is CC(C)(C)NCc1ccccc1N1CCN(C2CC2)CC1. The van der Waals surface area contributed by atoms with Crippen LogP contribution in [0.2, 0.25) is 0 Å². The standard InChI is InChI=1S/C18H29N3/c1-18(2,3)19-14-15-6-4-5-7-17(15)21-12-10-20(11-13-21)16-8-9-16/h4-7,16,19H,8-14H2,1-3H3. The average molecular weight is 287 g/mol. The molecule has 116 valence electrons. The second-order valence-corrected chi connectivity index (χ2v) is 7.49. The van der Waals surface area contributed by atoms with Crippen LogP contribution in [-0.4, -0.2) is 42.7 Å². The van der Waals surface area contributed by atoms with E-state index in [4.69, 9.17) is 0 Å². The first-order valence-electron chi connectivity index (χ1n) is 8.35. The van der Waals surface area contributed by atoms with Crippen LogP contribution in [0.15, 0.2) is 24.3 Å². The fourth-order valence-electron chi connectivity index (χ4n) is 3.10. The van der Waals surface area contributed by atoms with Gasteiger partial charge in [0.05, 0.1) is 0 Å². The summed E-state index contributed by atoms with van der Waals surface area (Å²) in [6.45, 7) is 12.4. The van der Waals surface area contributed by atoms with Gasteiger partial charge < -0.3 is 10.2 Å². The van der Waals surface area contributed by atoms with E-state index >= 15 is 0 Å². The van der Waals surface area contributed by atoms with Crippen LogP contribution < -0.4 is 10.2 Å². The Bertz CT molecular complexity index is 466. The van der Waals surface area contributed by atoms with Crippen LogP contribution in [-0.2, 0) is 6.54 Å². The van der Waals surface area contributed by atoms with Crippen molar-refractivity contribution in [3.05, 3.63) is 29.8 Å². The summed E-state index contributed by atoms with van der Waals surface area (Å²) in [5.41, 5.74) is 3.01. The fourth-order valence-corrected chi connectivity index (χ4v) is 3.10. The molecule has 0 atom stereocenters. The fraction of sp³-hybridized carbons (Fsp3) is 0.667. The predicted molar refractivity (Wildman–Crippen MR) is 89.8 cm³/mol. The molecule has 1 aromatic rings. The van der Waals surface area contributed by atoms with E-state index in [9.17, 15) is 0 Å². The van der Waals surface area contributed by atoms with Gasteiger partial charge in [0.25, 0.3) is 0 Å². The molecule has 1 aromatic carbocycles. The number of hydrogen-bond acceptors (Lipinski definition) is 3. The van der Waals surface area contributed by atoms with Crippen molar-refractivity contribution in [1.82, 2.24) is 10.2 Å².